The van der Waals surface area contributed by atoms with Crippen molar-refractivity contribution < 1.29 is 9.18 Å². The Morgan fingerprint density at radius 2 is 1.86 bits per heavy atom. The Hall–Kier alpha value is -2.10. The third-order valence-electron chi connectivity index (χ3n) is 4.15. The summed E-state index contributed by atoms with van der Waals surface area (Å²) in [5.41, 5.74) is 4.73. The lowest BCUT2D eigenvalue weighted by Crippen LogP contribution is -2.26. The van der Waals surface area contributed by atoms with E-state index in [-0.39, 0.29) is 11.7 Å². The van der Waals surface area contributed by atoms with Gasteiger partial charge in [-0.3, -0.25) is 4.79 Å². The number of aromatic nitrogens is 1. The number of hydrogen-bond acceptors (Lipinski definition) is 1. The van der Waals surface area contributed by atoms with Crippen LogP contribution in [0.5, 0.6) is 0 Å². The molecule has 0 bridgehead atoms. The summed E-state index contributed by atoms with van der Waals surface area (Å²) in [6, 6.07) is 8.46. The van der Waals surface area contributed by atoms with Crippen LogP contribution in [0.1, 0.15) is 28.9 Å². The molecule has 2 rings (SSSR count). The van der Waals surface area contributed by atoms with Crippen LogP contribution < -0.4 is 5.32 Å². The quantitative estimate of drug-likeness (QED) is 0.874. The summed E-state index contributed by atoms with van der Waals surface area (Å²) in [5.74, 6) is -0.212. The minimum atomic E-state index is -0.248. The van der Waals surface area contributed by atoms with Gasteiger partial charge in [-0.1, -0.05) is 12.1 Å². The largest absolute Gasteiger partial charge is 0.356 e. The predicted molar refractivity (Wildman–Crippen MR) is 86.3 cm³/mol. The van der Waals surface area contributed by atoms with E-state index in [0.29, 0.717) is 19.4 Å². The smallest absolute Gasteiger partial charge is 0.220 e. The van der Waals surface area contributed by atoms with Gasteiger partial charge in [-0.05, 0) is 56.0 Å². The van der Waals surface area contributed by atoms with Gasteiger partial charge in [0, 0.05) is 31.4 Å². The van der Waals surface area contributed by atoms with Crippen molar-refractivity contribution in [1.29, 1.82) is 0 Å². The number of rotatable bonds is 6. The number of nitrogens with zero attached hydrogens (tertiary/aromatic N) is 1. The van der Waals surface area contributed by atoms with Crippen molar-refractivity contribution in [2.45, 2.75) is 33.1 Å². The molecule has 0 aliphatic carbocycles. The molecule has 1 amide bonds. The van der Waals surface area contributed by atoms with Gasteiger partial charge in [-0.25, -0.2) is 4.39 Å². The van der Waals surface area contributed by atoms with Crippen LogP contribution in [0.4, 0.5) is 4.39 Å². The number of carbonyl (C=O) groups excluding carboxylic acids is 1. The van der Waals surface area contributed by atoms with E-state index in [1.54, 1.807) is 12.1 Å². The van der Waals surface area contributed by atoms with Crippen molar-refractivity contribution in [3.05, 3.63) is 58.7 Å². The van der Waals surface area contributed by atoms with Gasteiger partial charge in [-0.15, -0.1) is 0 Å². The van der Waals surface area contributed by atoms with Crippen LogP contribution in [-0.4, -0.2) is 17.0 Å². The molecule has 1 aromatic carbocycles. The van der Waals surface area contributed by atoms with Crippen LogP contribution in [0, 0.1) is 19.7 Å². The fraction of sp³-hybridized carbons (Fsp3) is 0.389. The zero-order valence-corrected chi connectivity index (χ0v) is 13.4. The summed E-state index contributed by atoms with van der Waals surface area (Å²) in [7, 11) is 2.05. The molecule has 1 heterocycles. The normalized spacial score (nSPS) is 10.7. The van der Waals surface area contributed by atoms with Gasteiger partial charge in [-0.2, -0.15) is 0 Å². The van der Waals surface area contributed by atoms with E-state index in [1.807, 2.05) is 0 Å². The molecule has 2 aromatic rings. The third-order valence-corrected chi connectivity index (χ3v) is 4.15. The second-order valence-electron chi connectivity index (χ2n) is 5.68. The van der Waals surface area contributed by atoms with Crippen LogP contribution in [0.2, 0.25) is 0 Å². The number of hydrogen-bond donors (Lipinski definition) is 1. The first-order valence-corrected chi connectivity index (χ1v) is 7.60. The van der Waals surface area contributed by atoms with E-state index in [0.717, 1.165) is 12.0 Å². The molecular weight excluding hydrogens is 279 g/mol. The summed E-state index contributed by atoms with van der Waals surface area (Å²) in [5, 5.41) is 2.95. The summed E-state index contributed by atoms with van der Waals surface area (Å²) >= 11 is 0. The number of nitrogens with one attached hydrogen (secondary N) is 1. The molecule has 0 saturated carbocycles. The van der Waals surface area contributed by atoms with E-state index in [4.69, 9.17) is 0 Å². The van der Waals surface area contributed by atoms with Crippen molar-refractivity contribution >= 4 is 5.91 Å². The molecule has 4 heteroatoms. The summed E-state index contributed by atoms with van der Waals surface area (Å²) < 4.78 is 15.0. The van der Waals surface area contributed by atoms with Crippen LogP contribution in [-0.2, 0) is 24.7 Å². The van der Waals surface area contributed by atoms with Gasteiger partial charge in [0.2, 0.25) is 5.91 Å². The molecule has 1 aromatic heterocycles. The molecule has 0 spiro atoms. The van der Waals surface area contributed by atoms with Crippen molar-refractivity contribution in [3.8, 4) is 0 Å². The summed E-state index contributed by atoms with van der Waals surface area (Å²) in [4.78, 5) is 11.8. The molecule has 0 aliphatic rings. The Morgan fingerprint density at radius 3 is 2.45 bits per heavy atom. The Morgan fingerprint density at radius 1 is 1.18 bits per heavy atom. The topological polar surface area (TPSA) is 34.0 Å². The average molecular weight is 302 g/mol. The molecule has 0 atom stereocenters. The summed E-state index contributed by atoms with van der Waals surface area (Å²) in [6.45, 7) is 4.82. The zero-order chi connectivity index (χ0) is 16.1. The zero-order valence-electron chi connectivity index (χ0n) is 13.4. The predicted octanol–water partition coefficient (Wildman–Crippen LogP) is 3.07. The number of halogens is 1. The Bertz CT molecular complexity index is 644. The van der Waals surface area contributed by atoms with Gasteiger partial charge in [0.05, 0.1) is 0 Å². The highest BCUT2D eigenvalue weighted by atomic mass is 19.1. The fourth-order valence-electron chi connectivity index (χ4n) is 2.52. The monoisotopic (exact) mass is 302 g/mol. The first-order chi connectivity index (χ1) is 10.5. The standard InChI is InChI=1S/C18H23FN2O/c1-13-12-16(14(2)21(13)3)10-11-20-18(22)9-6-15-4-7-17(19)8-5-15/h4-5,7-8,12H,6,9-11H2,1-3H3,(H,20,22). The lowest BCUT2D eigenvalue weighted by atomic mass is 10.1. The Labute approximate surface area is 131 Å². The van der Waals surface area contributed by atoms with Gasteiger partial charge >= 0.3 is 0 Å². The number of carbonyl (C=O) groups is 1. The highest BCUT2D eigenvalue weighted by molar-refractivity contribution is 5.76. The molecule has 0 radical (unpaired) electrons. The maximum absolute atomic E-state index is 12.8. The summed E-state index contributed by atoms with van der Waals surface area (Å²) in [6.07, 6.45) is 1.91. The first kappa shape index (κ1) is 16.3. The van der Waals surface area contributed by atoms with Crippen molar-refractivity contribution in [2.24, 2.45) is 7.05 Å². The Kier molecular flexibility index (Phi) is 5.36. The molecular formula is C18H23FN2O. The van der Waals surface area contributed by atoms with E-state index >= 15 is 0 Å². The van der Waals surface area contributed by atoms with Crippen LogP contribution in [0.25, 0.3) is 0 Å². The lowest BCUT2D eigenvalue weighted by molar-refractivity contribution is -0.121. The van der Waals surface area contributed by atoms with Crippen molar-refractivity contribution in [2.75, 3.05) is 6.54 Å². The molecule has 3 nitrogen and oxygen atoms in total. The van der Waals surface area contributed by atoms with Crippen LogP contribution >= 0.6 is 0 Å². The van der Waals surface area contributed by atoms with Crippen LogP contribution in [0.15, 0.2) is 30.3 Å². The number of aryl methyl sites for hydroxylation is 2. The molecule has 1 N–H and O–H groups in total. The molecule has 0 saturated heterocycles. The van der Waals surface area contributed by atoms with Gasteiger partial charge in [0.1, 0.15) is 5.82 Å². The minimum Gasteiger partial charge on any atom is -0.356 e. The van der Waals surface area contributed by atoms with E-state index in [2.05, 4.69) is 36.8 Å². The maximum atomic E-state index is 12.8. The van der Waals surface area contributed by atoms with Crippen molar-refractivity contribution in [1.82, 2.24) is 9.88 Å². The minimum absolute atomic E-state index is 0.0367. The van der Waals surface area contributed by atoms with Crippen LogP contribution in [0.3, 0.4) is 0 Å². The van der Waals surface area contributed by atoms with Gasteiger partial charge in [0.15, 0.2) is 0 Å². The fourth-order valence-corrected chi connectivity index (χ4v) is 2.52. The van der Waals surface area contributed by atoms with Crippen molar-refractivity contribution in [3.63, 3.8) is 0 Å². The van der Waals surface area contributed by atoms with Gasteiger partial charge < -0.3 is 9.88 Å². The molecule has 118 valence electrons. The van der Waals surface area contributed by atoms with Gasteiger partial charge in [0.25, 0.3) is 0 Å². The molecule has 0 unspecified atom stereocenters. The molecule has 0 aliphatic heterocycles. The maximum Gasteiger partial charge on any atom is 0.220 e. The SMILES string of the molecule is Cc1cc(CCNC(=O)CCc2ccc(F)cc2)c(C)n1C. The number of amides is 1. The first-order valence-electron chi connectivity index (χ1n) is 7.60. The van der Waals surface area contributed by atoms with E-state index in [9.17, 15) is 9.18 Å². The average Bonchev–Trinajstić information content (AvgIpc) is 2.74. The lowest BCUT2D eigenvalue weighted by Gasteiger charge is -2.06. The van der Waals surface area contributed by atoms with E-state index < -0.39 is 0 Å². The Balaban J connectivity index is 1.73. The second-order valence-corrected chi connectivity index (χ2v) is 5.68. The second kappa shape index (κ2) is 7.25. The van der Waals surface area contributed by atoms with E-state index in [1.165, 1.54) is 29.1 Å². The number of benzene rings is 1. The molecule has 0 fully saturated rings. The third kappa shape index (κ3) is 4.20. The molecule has 22 heavy (non-hydrogen) atoms. The highest BCUT2D eigenvalue weighted by Gasteiger charge is 2.07. The highest BCUT2D eigenvalue weighted by Crippen LogP contribution is 2.13.